The van der Waals surface area contributed by atoms with E-state index >= 15 is 0 Å². The number of carbonyl (C=O) groups is 1. The zero-order valence-electron chi connectivity index (χ0n) is 7.99. The maximum atomic E-state index is 10.3. The molecule has 0 amide bonds. The van der Waals surface area contributed by atoms with Crippen molar-refractivity contribution < 1.29 is 9.90 Å². The minimum atomic E-state index is -0.834. The van der Waals surface area contributed by atoms with E-state index < -0.39 is 5.97 Å². The summed E-state index contributed by atoms with van der Waals surface area (Å²) < 4.78 is 0. The standard InChI is InChI=1S/C8H16N4O2/c9-8(10)12-3-1-6(2-4-12)11-5-7(13)14/h6,11H,1-5H2,(H3,9,10)(H,13,14). The molecule has 0 bridgehead atoms. The molecule has 6 heteroatoms. The smallest absolute Gasteiger partial charge is 0.317 e. The predicted octanol–water partition coefficient (Wildman–Crippen LogP) is -0.982. The first-order chi connectivity index (χ1) is 6.59. The number of guanidine groups is 1. The number of likely N-dealkylation sites (tertiary alicyclic amines) is 1. The lowest BCUT2D eigenvalue weighted by Crippen LogP contribution is -2.47. The highest BCUT2D eigenvalue weighted by Crippen LogP contribution is 2.08. The number of carboxylic acids is 1. The van der Waals surface area contributed by atoms with E-state index in [2.05, 4.69) is 5.32 Å². The van der Waals surface area contributed by atoms with Crippen molar-refractivity contribution in [1.29, 1.82) is 5.41 Å². The van der Waals surface area contributed by atoms with Gasteiger partial charge in [0, 0.05) is 19.1 Å². The second-order valence-electron chi connectivity index (χ2n) is 3.42. The van der Waals surface area contributed by atoms with Crippen molar-refractivity contribution in [2.75, 3.05) is 19.6 Å². The maximum Gasteiger partial charge on any atom is 0.317 e. The number of rotatable bonds is 3. The van der Waals surface area contributed by atoms with E-state index in [1.807, 2.05) is 0 Å². The average Bonchev–Trinajstić information content (AvgIpc) is 2.15. The minimum absolute atomic E-state index is 0.00470. The maximum absolute atomic E-state index is 10.3. The van der Waals surface area contributed by atoms with Crippen LogP contribution in [0.15, 0.2) is 0 Å². The van der Waals surface area contributed by atoms with Gasteiger partial charge < -0.3 is 21.1 Å². The van der Waals surface area contributed by atoms with Crippen molar-refractivity contribution in [2.45, 2.75) is 18.9 Å². The molecule has 5 N–H and O–H groups in total. The molecule has 1 rings (SSSR count). The molecule has 1 saturated heterocycles. The molecule has 1 fully saturated rings. The summed E-state index contributed by atoms with van der Waals surface area (Å²) in [6.07, 6.45) is 1.68. The van der Waals surface area contributed by atoms with Gasteiger partial charge in [0.25, 0.3) is 0 Å². The third-order valence-corrected chi connectivity index (χ3v) is 2.38. The van der Waals surface area contributed by atoms with Crippen LogP contribution in [0.3, 0.4) is 0 Å². The molecule has 0 spiro atoms. The first kappa shape index (κ1) is 10.8. The van der Waals surface area contributed by atoms with E-state index in [0.717, 1.165) is 25.9 Å². The Labute approximate surface area is 82.6 Å². The summed E-state index contributed by atoms with van der Waals surface area (Å²) in [5.41, 5.74) is 5.33. The van der Waals surface area contributed by atoms with Crippen molar-refractivity contribution in [1.82, 2.24) is 10.2 Å². The fourth-order valence-electron chi connectivity index (χ4n) is 1.56. The lowest BCUT2D eigenvalue weighted by molar-refractivity contribution is -0.136. The molecular formula is C8H16N4O2. The number of nitrogens with zero attached hydrogens (tertiary/aromatic N) is 1. The molecule has 6 nitrogen and oxygen atoms in total. The average molecular weight is 200 g/mol. The van der Waals surface area contributed by atoms with E-state index in [1.54, 1.807) is 4.90 Å². The van der Waals surface area contributed by atoms with Gasteiger partial charge in [-0.15, -0.1) is 0 Å². The van der Waals surface area contributed by atoms with Crippen LogP contribution in [0.1, 0.15) is 12.8 Å². The number of hydrogen-bond donors (Lipinski definition) is 4. The molecule has 0 aromatic rings. The molecule has 0 atom stereocenters. The van der Waals surface area contributed by atoms with Crippen molar-refractivity contribution in [2.24, 2.45) is 5.73 Å². The fourth-order valence-corrected chi connectivity index (χ4v) is 1.56. The highest BCUT2D eigenvalue weighted by atomic mass is 16.4. The zero-order valence-corrected chi connectivity index (χ0v) is 7.99. The Bertz CT molecular complexity index is 223. The lowest BCUT2D eigenvalue weighted by Gasteiger charge is -2.32. The van der Waals surface area contributed by atoms with Crippen LogP contribution in [-0.4, -0.2) is 47.6 Å². The molecule has 0 unspecified atom stereocenters. The van der Waals surface area contributed by atoms with Crippen LogP contribution in [-0.2, 0) is 4.79 Å². The first-order valence-electron chi connectivity index (χ1n) is 4.63. The molecule has 1 aliphatic rings. The van der Waals surface area contributed by atoms with Gasteiger partial charge >= 0.3 is 5.97 Å². The summed E-state index contributed by atoms with van der Waals surface area (Å²) in [6.45, 7) is 1.46. The van der Waals surface area contributed by atoms with E-state index in [9.17, 15) is 4.79 Å². The summed E-state index contributed by atoms with van der Waals surface area (Å²) >= 11 is 0. The van der Waals surface area contributed by atoms with Crippen molar-refractivity contribution in [3.05, 3.63) is 0 Å². The van der Waals surface area contributed by atoms with E-state index in [-0.39, 0.29) is 18.5 Å². The second-order valence-corrected chi connectivity index (χ2v) is 3.42. The molecule has 0 radical (unpaired) electrons. The number of hydrogen-bond acceptors (Lipinski definition) is 3. The van der Waals surface area contributed by atoms with Crippen LogP contribution in [0.2, 0.25) is 0 Å². The summed E-state index contributed by atoms with van der Waals surface area (Å²) in [5.74, 6) is -0.735. The number of nitrogens with two attached hydrogens (primary N) is 1. The third kappa shape index (κ3) is 3.21. The van der Waals surface area contributed by atoms with Gasteiger partial charge in [-0.1, -0.05) is 0 Å². The third-order valence-electron chi connectivity index (χ3n) is 2.38. The number of piperidine rings is 1. The zero-order chi connectivity index (χ0) is 10.6. The minimum Gasteiger partial charge on any atom is -0.480 e. The Hall–Kier alpha value is -1.30. The second kappa shape index (κ2) is 4.80. The van der Waals surface area contributed by atoms with E-state index in [4.69, 9.17) is 16.2 Å². The van der Waals surface area contributed by atoms with Gasteiger partial charge in [-0.3, -0.25) is 10.2 Å². The highest BCUT2D eigenvalue weighted by molar-refractivity contribution is 5.74. The van der Waals surface area contributed by atoms with Crippen LogP contribution in [0.4, 0.5) is 0 Å². The lowest BCUT2D eigenvalue weighted by atomic mass is 10.1. The Morgan fingerprint density at radius 2 is 2.14 bits per heavy atom. The monoisotopic (exact) mass is 200 g/mol. The Balaban J connectivity index is 2.22. The van der Waals surface area contributed by atoms with Crippen molar-refractivity contribution >= 4 is 11.9 Å². The van der Waals surface area contributed by atoms with Crippen molar-refractivity contribution in [3.8, 4) is 0 Å². The molecule has 14 heavy (non-hydrogen) atoms. The van der Waals surface area contributed by atoms with Crippen LogP contribution in [0.25, 0.3) is 0 Å². The van der Waals surface area contributed by atoms with Gasteiger partial charge in [0.2, 0.25) is 0 Å². The Kier molecular flexibility index (Phi) is 3.70. The predicted molar refractivity (Wildman–Crippen MR) is 52.1 cm³/mol. The highest BCUT2D eigenvalue weighted by Gasteiger charge is 2.19. The Morgan fingerprint density at radius 1 is 1.57 bits per heavy atom. The largest absolute Gasteiger partial charge is 0.480 e. The van der Waals surface area contributed by atoms with Crippen LogP contribution < -0.4 is 11.1 Å². The van der Waals surface area contributed by atoms with Gasteiger partial charge in [0.15, 0.2) is 5.96 Å². The normalized spacial score (nSPS) is 18.1. The SMILES string of the molecule is N=C(N)N1CCC(NCC(=O)O)CC1. The van der Waals surface area contributed by atoms with Gasteiger partial charge in [-0.05, 0) is 12.8 Å². The topological polar surface area (TPSA) is 102 Å². The molecule has 0 saturated carbocycles. The fraction of sp³-hybridized carbons (Fsp3) is 0.750. The van der Waals surface area contributed by atoms with Crippen LogP contribution in [0.5, 0.6) is 0 Å². The molecular weight excluding hydrogens is 184 g/mol. The molecule has 0 aromatic heterocycles. The first-order valence-corrected chi connectivity index (χ1v) is 4.63. The molecule has 0 aliphatic carbocycles. The van der Waals surface area contributed by atoms with Gasteiger partial charge in [0.05, 0.1) is 6.54 Å². The van der Waals surface area contributed by atoms with Crippen LogP contribution >= 0.6 is 0 Å². The quantitative estimate of drug-likeness (QED) is 0.346. The van der Waals surface area contributed by atoms with E-state index in [0.29, 0.717) is 0 Å². The van der Waals surface area contributed by atoms with Gasteiger partial charge in [-0.25, -0.2) is 0 Å². The summed E-state index contributed by atoms with van der Waals surface area (Å²) in [6, 6.07) is 0.238. The molecule has 1 heterocycles. The van der Waals surface area contributed by atoms with Crippen LogP contribution in [0, 0.1) is 5.41 Å². The summed E-state index contributed by atoms with van der Waals surface area (Å²) in [5, 5.41) is 18.6. The number of nitrogens with one attached hydrogen (secondary N) is 2. The van der Waals surface area contributed by atoms with Gasteiger partial charge in [-0.2, -0.15) is 0 Å². The molecule has 1 aliphatic heterocycles. The Morgan fingerprint density at radius 3 is 2.57 bits per heavy atom. The van der Waals surface area contributed by atoms with Gasteiger partial charge in [0.1, 0.15) is 0 Å². The summed E-state index contributed by atoms with van der Waals surface area (Å²) in [7, 11) is 0. The molecule has 80 valence electrons. The number of carboxylic acid groups (broad SMARTS) is 1. The number of aliphatic carboxylic acids is 1. The summed E-state index contributed by atoms with van der Waals surface area (Å²) in [4.78, 5) is 12.1. The van der Waals surface area contributed by atoms with Crippen molar-refractivity contribution in [3.63, 3.8) is 0 Å². The molecule has 0 aromatic carbocycles. The van der Waals surface area contributed by atoms with E-state index in [1.165, 1.54) is 0 Å².